The fourth-order valence-electron chi connectivity index (χ4n) is 2.59. The summed E-state index contributed by atoms with van der Waals surface area (Å²) in [4.78, 5) is 50.9. The summed E-state index contributed by atoms with van der Waals surface area (Å²) in [6.07, 6.45) is 5.18. The third-order valence-corrected chi connectivity index (χ3v) is 4.16. The van der Waals surface area contributed by atoms with Gasteiger partial charge in [-0.2, -0.15) is 0 Å². The Balaban J connectivity index is 4.35. The lowest BCUT2D eigenvalue weighted by Crippen LogP contribution is -2.52. The van der Waals surface area contributed by atoms with Gasteiger partial charge in [-0.15, -0.1) is 0 Å². The molecule has 0 saturated carbocycles. The largest absolute Gasteiger partial charge is 0.352 e. The number of hydrogen-bond acceptors (Lipinski definition) is 6. The van der Waals surface area contributed by atoms with Crippen LogP contribution in [0.2, 0.25) is 0 Å². The van der Waals surface area contributed by atoms with Gasteiger partial charge in [0, 0.05) is 13.0 Å². The van der Waals surface area contributed by atoms with E-state index in [1.165, 1.54) is 0 Å². The van der Waals surface area contributed by atoms with Gasteiger partial charge in [0.25, 0.3) is 0 Å². The van der Waals surface area contributed by atoms with E-state index in [0.717, 1.165) is 19.3 Å². The number of aldehydes is 1. The van der Waals surface area contributed by atoms with Gasteiger partial charge in [0.2, 0.25) is 11.8 Å². The molecule has 0 aromatic carbocycles. The van der Waals surface area contributed by atoms with E-state index in [9.17, 15) is 19.2 Å². The van der Waals surface area contributed by atoms with Gasteiger partial charge in [-0.3, -0.25) is 9.59 Å². The predicted octanol–water partition coefficient (Wildman–Crippen LogP) is 0.100. The quantitative estimate of drug-likeness (QED) is 0.140. The number of carbonyl (C=O) groups excluding carboxylic acids is 4. The highest BCUT2D eigenvalue weighted by Gasteiger charge is 2.25. The highest BCUT2D eigenvalue weighted by molar-refractivity contribution is 5.89. The summed E-state index contributed by atoms with van der Waals surface area (Å²) in [5, 5.41) is 7.81. The molecule has 0 heterocycles. The van der Waals surface area contributed by atoms with E-state index >= 15 is 0 Å². The van der Waals surface area contributed by atoms with Crippen molar-refractivity contribution < 1.29 is 24.0 Å². The highest BCUT2D eigenvalue weighted by atomic mass is 16.6. The molecule has 4 amide bonds. The normalized spacial score (nSPS) is 12.9. The second kappa shape index (κ2) is 15.8. The van der Waals surface area contributed by atoms with E-state index in [1.807, 2.05) is 13.8 Å². The van der Waals surface area contributed by atoms with Gasteiger partial charge in [-0.05, 0) is 31.6 Å². The summed E-state index contributed by atoms with van der Waals surface area (Å²) < 4.78 is 0. The Hall–Kier alpha value is -2.20. The van der Waals surface area contributed by atoms with Crippen molar-refractivity contribution in [2.45, 2.75) is 70.9 Å². The average Bonchev–Trinajstić information content (AvgIpc) is 2.64. The van der Waals surface area contributed by atoms with Crippen LogP contribution in [0.25, 0.3) is 0 Å². The van der Waals surface area contributed by atoms with Crippen LogP contribution in [0, 0.1) is 5.92 Å². The number of nitrogens with two attached hydrogens (primary N) is 2. The topological polar surface area (TPSA) is 166 Å². The lowest BCUT2D eigenvalue weighted by atomic mass is 10.0. The first kappa shape index (κ1) is 25.8. The van der Waals surface area contributed by atoms with Gasteiger partial charge < -0.3 is 31.3 Å². The van der Waals surface area contributed by atoms with Gasteiger partial charge in [0.05, 0.1) is 12.6 Å². The molecular weight excluding hydrogens is 366 g/mol. The number of carbonyl (C=O) groups is 4. The maximum atomic E-state index is 12.5. The second-order valence-electron chi connectivity index (χ2n) is 7.01. The zero-order valence-electron chi connectivity index (χ0n) is 16.9. The lowest BCUT2D eigenvalue weighted by Gasteiger charge is -2.23. The first-order valence-corrected chi connectivity index (χ1v) is 9.71. The lowest BCUT2D eigenvalue weighted by molar-refractivity contribution is -0.131. The molecule has 7 N–H and O–H groups in total. The van der Waals surface area contributed by atoms with Gasteiger partial charge in [-0.1, -0.05) is 26.7 Å². The first-order chi connectivity index (χ1) is 13.3. The van der Waals surface area contributed by atoms with E-state index in [-0.39, 0.29) is 11.8 Å². The molecule has 0 radical (unpaired) electrons. The molecule has 0 aromatic rings. The third-order valence-electron chi connectivity index (χ3n) is 4.16. The van der Waals surface area contributed by atoms with Crippen molar-refractivity contribution in [1.29, 1.82) is 0 Å². The summed E-state index contributed by atoms with van der Waals surface area (Å²) >= 11 is 0. The summed E-state index contributed by atoms with van der Waals surface area (Å²) in [7, 11) is 0. The third kappa shape index (κ3) is 13.0. The van der Waals surface area contributed by atoms with Crippen molar-refractivity contribution in [2.75, 3.05) is 13.2 Å². The van der Waals surface area contributed by atoms with E-state index in [0.29, 0.717) is 45.1 Å². The maximum absolute atomic E-state index is 12.5. The highest BCUT2D eigenvalue weighted by Crippen LogP contribution is 2.07. The molecule has 28 heavy (non-hydrogen) atoms. The monoisotopic (exact) mass is 401 g/mol. The van der Waals surface area contributed by atoms with E-state index < -0.39 is 24.0 Å². The summed E-state index contributed by atoms with van der Waals surface area (Å²) in [5.74, 6) is 4.22. The van der Waals surface area contributed by atoms with Crippen LogP contribution in [0.1, 0.15) is 58.8 Å². The Labute approximate surface area is 166 Å². The Bertz CT molecular complexity index is 487. The fraction of sp³-hybridized carbons (Fsp3) is 0.778. The predicted molar refractivity (Wildman–Crippen MR) is 105 cm³/mol. The zero-order valence-corrected chi connectivity index (χ0v) is 16.9. The van der Waals surface area contributed by atoms with Crippen LogP contribution >= 0.6 is 0 Å². The minimum atomic E-state index is -0.718. The van der Waals surface area contributed by atoms with Crippen LogP contribution in [0.3, 0.4) is 0 Å². The standard InChI is InChI=1S/C18H35N5O5/c1-13(2)16(23-15(25)9-5-3-4-6-11-28-20)17(26)22-14(12-24)8-7-10-21-18(19)27/h12-14,16H,3-11,20H2,1-2H3,(H,22,26)(H,23,25)(H3,19,21,27)/t14?,16-/m0/s1. The summed E-state index contributed by atoms with van der Waals surface area (Å²) in [6.45, 7) is 4.46. The number of amides is 4. The smallest absolute Gasteiger partial charge is 0.312 e. The van der Waals surface area contributed by atoms with E-state index in [1.54, 1.807) is 0 Å². The number of unbranched alkanes of at least 4 members (excludes halogenated alkanes) is 3. The van der Waals surface area contributed by atoms with Crippen molar-refractivity contribution in [3.05, 3.63) is 0 Å². The van der Waals surface area contributed by atoms with Crippen LogP contribution < -0.4 is 27.6 Å². The summed E-state index contributed by atoms with van der Waals surface area (Å²) in [6, 6.07) is -2.04. The number of hydrogen-bond donors (Lipinski definition) is 5. The molecule has 1 unspecified atom stereocenters. The Morgan fingerprint density at radius 3 is 2.29 bits per heavy atom. The number of rotatable bonds is 16. The second-order valence-corrected chi connectivity index (χ2v) is 7.01. The Morgan fingerprint density at radius 1 is 1.04 bits per heavy atom. The molecule has 0 aliphatic carbocycles. The van der Waals surface area contributed by atoms with Crippen LogP contribution in [-0.4, -0.2) is 49.4 Å². The zero-order chi connectivity index (χ0) is 21.4. The minimum absolute atomic E-state index is 0.130. The molecule has 2 atom stereocenters. The SMILES string of the molecule is CC(C)[C@H](NC(=O)CCCCCCON)C(=O)NC(C=O)CCCNC(N)=O. The molecule has 162 valence electrons. The van der Waals surface area contributed by atoms with Crippen molar-refractivity contribution in [3.8, 4) is 0 Å². The maximum Gasteiger partial charge on any atom is 0.312 e. The number of primary amides is 1. The van der Waals surface area contributed by atoms with Gasteiger partial charge in [0.1, 0.15) is 12.3 Å². The van der Waals surface area contributed by atoms with Gasteiger partial charge in [-0.25, -0.2) is 10.7 Å². The first-order valence-electron chi connectivity index (χ1n) is 9.71. The fourth-order valence-corrected chi connectivity index (χ4v) is 2.59. The van der Waals surface area contributed by atoms with Gasteiger partial charge in [0.15, 0.2) is 0 Å². The van der Waals surface area contributed by atoms with Crippen LogP contribution in [-0.2, 0) is 19.2 Å². The summed E-state index contributed by atoms with van der Waals surface area (Å²) in [5.41, 5.74) is 4.97. The molecule has 0 aliphatic heterocycles. The van der Waals surface area contributed by atoms with Crippen LogP contribution in [0.5, 0.6) is 0 Å². The molecule has 10 heteroatoms. The molecule has 0 aliphatic rings. The molecule has 0 aromatic heterocycles. The van der Waals surface area contributed by atoms with Gasteiger partial charge >= 0.3 is 6.03 Å². The molecule has 0 bridgehead atoms. The molecule has 0 fully saturated rings. The molecule has 10 nitrogen and oxygen atoms in total. The Kier molecular flexibility index (Phi) is 14.6. The average molecular weight is 402 g/mol. The number of nitrogens with one attached hydrogen (secondary N) is 3. The van der Waals surface area contributed by atoms with Crippen molar-refractivity contribution in [1.82, 2.24) is 16.0 Å². The molecule has 0 spiro atoms. The number of urea groups is 1. The van der Waals surface area contributed by atoms with Crippen molar-refractivity contribution >= 4 is 24.1 Å². The minimum Gasteiger partial charge on any atom is -0.352 e. The van der Waals surface area contributed by atoms with Crippen LogP contribution in [0.15, 0.2) is 0 Å². The van der Waals surface area contributed by atoms with Crippen molar-refractivity contribution in [3.63, 3.8) is 0 Å². The van der Waals surface area contributed by atoms with E-state index in [2.05, 4.69) is 20.8 Å². The Morgan fingerprint density at radius 2 is 1.71 bits per heavy atom. The molecular formula is C18H35N5O5. The van der Waals surface area contributed by atoms with E-state index in [4.69, 9.17) is 11.6 Å². The van der Waals surface area contributed by atoms with Crippen molar-refractivity contribution in [2.24, 2.45) is 17.5 Å². The molecule has 0 rings (SSSR count). The molecule has 0 saturated heterocycles. The van der Waals surface area contributed by atoms with Crippen LogP contribution in [0.4, 0.5) is 4.79 Å².